The van der Waals surface area contributed by atoms with Crippen LogP contribution in [0.5, 0.6) is 0 Å². The van der Waals surface area contributed by atoms with Crippen molar-refractivity contribution < 1.29 is 18.7 Å². The number of anilines is 2. The van der Waals surface area contributed by atoms with E-state index < -0.39 is 11.3 Å². The molecule has 0 atom stereocenters. The summed E-state index contributed by atoms with van der Waals surface area (Å²) in [5.41, 5.74) is 6.18. The summed E-state index contributed by atoms with van der Waals surface area (Å²) in [4.78, 5) is 24.7. The van der Waals surface area contributed by atoms with Gasteiger partial charge in [-0.05, 0) is 43.2 Å². The highest BCUT2D eigenvalue weighted by molar-refractivity contribution is 6.34. The van der Waals surface area contributed by atoms with E-state index in [9.17, 15) is 9.59 Å². The van der Waals surface area contributed by atoms with E-state index in [0.29, 0.717) is 42.5 Å². The number of halogens is 2. The molecule has 1 aromatic carbocycles. The summed E-state index contributed by atoms with van der Waals surface area (Å²) in [7, 11) is 0. The first kappa shape index (κ1) is 21.2. The zero-order chi connectivity index (χ0) is 18.6. The average molecular weight is 414 g/mol. The van der Waals surface area contributed by atoms with Crippen molar-refractivity contribution >= 4 is 47.2 Å². The molecule has 146 valence electrons. The predicted molar refractivity (Wildman–Crippen MR) is 106 cm³/mol. The molecule has 0 radical (unpaired) electrons. The van der Waals surface area contributed by atoms with Crippen LogP contribution in [0.4, 0.5) is 11.4 Å². The number of hydrogen-bond acceptors (Lipinski definition) is 5. The Kier molecular flexibility index (Phi) is 7.26. The van der Waals surface area contributed by atoms with Crippen molar-refractivity contribution in [2.24, 2.45) is 11.1 Å². The SMILES string of the molecule is Cl.NCC1(C(=O)Nc2ccc(NC(=O)c3ccco3)c(Cl)c2)CCOCC1. The van der Waals surface area contributed by atoms with Gasteiger partial charge in [0.15, 0.2) is 5.76 Å². The van der Waals surface area contributed by atoms with Gasteiger partial charge in [0.05, 0.1) is 22.4 Å². The van der Waals surface area contributed by atoms with Gasteiger partial charge in [-0.25, -0.2) is 0 Å². The monoisotopic (exact) mass is 413 g/mol. The highest BCUT2D eigenvalue weighted by atomic mass is 35.5. The van der Waals surface area contributed by atoms with Crippen molar-refractivity contribution in [1.82, 2.24) is 0 Å². The molecule has 0 unspecified atom stereocenters. The maximum atomic E-state index is 12.7. The Bertz CT molecular complexity index is 790. The lowest BCUT2D eigenvalue weighted by Gasteiger charge is -2.34. The number of rotatable bonds is 5. The highest BCUT2D eigenvalue weighted by Crippen LogP contribution is 2.32. The summed E-state index contributed by atoms with van der Waals surface area (Å²) in [6, 6.07) is 8.06. The summed E-state index contributed by atoms with van der Waals surface area (Å²) < 4.78 is 10.4. The second-order valence-electron chi connectivity index (χ2n) is 6.18. The van der Waals surface area contributed by atoms with Gasteiger partial charge in [-0.2, -0.15) is 0 Å². The van der Waals surface area contributed by atoms with E-state index >= 15 is 0 Å². The van der Waals surface area contributed by atoms with E-state index in [1.54, 1.807) is 30.3 Å². The van der Waals surface area contributed by atoms with E-state index in [4.69, 9.17) is 26.5 Å². The maximum absolute atomic E-state index is 12.7. The molecule has 0 bridgehead atoms. The Hall–Kier alpha value is -2.06. The zero-order valence-corrected chi connectivity index (χ0v) is 16.1. The fraction of sp³-hybridized carbons (Fsp3) is 0.333. The van der Waals surface area contributed by atoms with Crippen molar-refractivity contribution in [2.75, 3.05) is 30.4 Å². The topological polar surface area (TPSA) is 107 Å². The number of amides is 2. The largest absolute Gasteiger partial charge is 0.459 e. The number of carbonyl (C=O) groups is 2. The molecule has 1 saturated heterocycles. The summed E-state index contributed by atoms with van der Waals surface area (Å²) in [6.07, 6.45) is 2.58. The van der Waals surface area contributed by atoms with Crippen LogP contribution in [0.25, 0.3) is 0 Å². The minimum Gasteiger partial charge on any atom is -0.459 e. The Morgan fingerprint density at radius 3 is 2.52 bits per heavy atom. The zero-order valence-electron chi connectivity index (χ0n) is 14.5. The third-order valence-corrected chi connectivity index (χ3v) is 4.86. The molecule has 2 aromatic rings. The summed E-state index contributed by atoms with van der Waals surface area (Å²) in [5.74, 6) is -0.368. The molecule has 1 aromatic heterocycles. The van der Waals surface area contributed by atoms with Gasteiger partial charge in [0.2, 0.25) is 5.91 Å². The molecule has 7 nitrogen and oxygen atoms in total. The molecule has 1 fully saturated rings. The molecule has 0 saturated carbocycles. The molecule has 0 aliphatic carbocycles. The Morgan fingerprint density at radius 2 is 1.93 bits per heavy atom. The number of carbonyl (C=O) groups excluding carboxylic acids is 2. The first-order valence-electron chi connectivity index (χ1n) is 8.28. The highest BCUT2D eigenvalue weighted by Gasteiger charge is 2.38. The second kappa shape index (κ2) is 9.23. The van der Waals surface area contributed by atoms with Crippen LogP contribution in [0.1, 0.15) is 23.4 Å². The molecule has 9 heteroatoms. The van der Waals surface area contributed by atoms with Crippen LogP contribution in [0.15, 0.2) is 41.0 Å². The van der Waals surface area contributed by atoms with Gasteiger partial charge in [-0.1, -0.05) is 11.6 Å². The maximum Gasteiger partial charge on any atom is 0.291 e. The molecule has 2 heterocycles. The fourth-order valence-electron chi connectivity index (χ4n) is 2.84. The van der Waals surface area contributed by atoms with Crippen LogP contribution in [0, 0.1) is 5.41 Å². The lowest BCUT2D eigenvalue weighted by Crippen LogP contribution is -2.46. The van der Waals surface area contributed by atoms with Gasteiger partial charge in [0, 0.05) is 25.4 Å². The fourth-order valence-corrected chi connectivity index (χ4v) is 3.06. The van der Waals surface area contributed by atoms with Gasteiger partial charge in [0.1, 0.15) is 0 Å². The summed E-state index contributed by atoms with van der Waals surface area (Å²) >= 11 is 6.23. The van der Waals surface area contributed by atoms with Crippen molar-refractivity contribution in [1.29, 1.82) is 0 Å². The molecular formula is C18H21Cl2N3O4. The third-order valence-electron chi connectivity index (χ3n) is 4.54. The quantitative estimate of drug-likeness (QED) is 0.696. The predicted octanol–water partition coefficient (Wildman–Crippen LogP) is 3.30. The minimum absolute atomic E-state index is 0. The van der Waals surface area contributed by atoms with Gasteiger partial charge >= 0.3 is 0 Å². The lowest BCUT2D eigenvalue weighted by atomic mass is 9.79. The van der Waals surface area contributed by atoms with E-state index in [1.807, 2.05) is 0 Å². The molecule has 4 N–H and O–H groups in total. The van der Waals surface area contributed by atoms with Crippen LogP contribution >= 0.6 is 24.0 Å². The number of hydrogen-bond donors (Lipinski definition) is 3. The Morgan fingerprint density at radius 1 is 1.19 bits per heavy atom. The van der Waals surface area contributed by atoms with Crippen LogP contribution in [-0.4, -0.2) is 31.6 Å². The van der Waals surface area contributed by atoms with Crippen molar-refractivity contribution in [3.8, 4) is 0 Å². The molecule has 1 aliphatic heterocycles. The van der Waals surface area contributed by atoms with Crippen LogP contribution in [0.3, 0.4) is 0 Å². The van der Waals surface area contributed by atoms with Crippen LogP contribution < -0.4 is 16.4 Å². The standard InChI is InChI=1S/C18H20ClN3O4.ClH/c19-13-10-12(21-17(24)18(11-20)5-8-25-9-6-18)3-4-14(13)22-16(23)15-2-1-7-26-15;/h1-4,7,10H,5-6,8-9,11,20H2,(H,21,24)(H,22,23);1H. The van der Waals surface area contributed by atoms with E-state index in [2.05, 4.69) is 10.6 Å². The van der Waals surface area contributed by atoms with Crippen molar-refractivity contribution in [3.63, 3.8) is 0 Å². The molecule has 0 spiro atoms. The Balaban J connectivity index is 0.00000261. The summed E-state index contributed by atoms with van der Waals surface area (Å²) in [6.45, 7) is 1.29. The van der Waals surface area contributed by atoms with E-state index in [1.165, 1.54) is 6.26 Å². The number of nitrogens with one attached hydrogen (secondary N) is 2. The first-order valence-corrected chi connectivity index (χ1v) is 8.65. The number of nitrogens with two attached hydrogens (primary N) is 1. The summed E-state index contributed by atoms with van der Waals surface area (Å²) in [5, 5.41) is 5.83. The number of benzene rings is 1. The Labute approximate surface area is 168 Å². The van der Waals surface area contributed by atoms with E-state index in [0.717, 1.165) is 0 Å². The molecule has 2 amide bonds. The smallest absolute Gasteiger partial charge is 0.291 e. The van der Waals surface area contributed by atoms with Gasteiger partial charge in [-0.15, -0.1) is 12.4 Å². The van der Waals surface area contributed by atoms with Crippen LogP contribution in [-0.2, 0) is 9.53 Å². The van der Waals surface area contributed by atoms with Gasteiger partial charge < -0.3 is 25.5 Å². The normalized spacial score (nSPS) is 15.5. The van der Waals surface area contributed by atoms with Crippen molar-refractivity contribution in [2.45, 2.75) is 12.8 Å². The van der Waals surface area contributed by atoms with E-state index in [-0.39, 0.29) is 30.6 Å². The molecule has 27 heavy (non-hydrogen) atoms. The minimum atomic E-state index is -0.628. The third kappa shape index (κ3) is 4.81. The van der Waals surface area contributed by atoms with Gasteiger partial charge in [0.25, 0.3) is 5.91 Å². The first-order chi connectivity index (χ1) is 12.5. The lowest BCUT2D eigenvalue weighted by molar-refractivity contribution is -0.130. The number of furan rings is 1. The van der Waals surface area contributed by atoms with Crippen LogP contribution in [0.2, 0.25) is 5.02 Å². The number of ether oxygens (including phenoxy) is 1. The molecule has 3 rings (SSSR count). The second-order valence-corrected chi connectivity index (χ2v) is 6.58. The molecule has 1 aliphatic rings. The molecular weight excluding hydrogens is 393 g/mol. The average Bonchev–Trinajstić information content (AvgIpc) is 3.19. The van der Waals surface area contributed by atoms with Crippen molar-refractivity contribution in [3.05, 3.63) is 47.4 Å². The van der Waals surface area contributed by atoms with Gasteiger partial charge in [-0.3, -0.25) is 9.59 Å².